The van der Waals surface area contributed by atoms with Gasteiger partial charge in [-0.25, -0.2) is 9.80 Å². The third-order valence-corrected chi connectivity index (χ3v) is 2.34. The van der Waals surface area contributed by atoms with Crippen LogP contribution in [0.4, 0.5) is 4.79 Å². The van der Waals surface area contributed by atoms with Crippen molar-refractivity contribution in [2.75, 3.05) is 6.54 Å². The van der Waals surface area contributed by atoms with Crippen molar-refractivity contribution in [2.45, 2.75) is 51.7 Å². The Bertz CT molecular complexity index is 260. The topological polar surface area (TPSA) is 58.6 Å². The summed E-state index contributed by atoms with van der Waals surface area (Å²) in [4.78, 5) is 22.3. The number of aldehydes is 1. The van der Waals surface area contributed by atoms with E-state index in [9.17, 15) is 9.59 Å². The van der Waals surface area contributed by atoms with Crippen molar-refractivity contribution in [2.24, 2.45) is 0 Å². The van der Waals surface area contributed by atoms with Crippen LogP contribution < -0.4 is 5.43 Å². The molecule has 0 aliphatic carbocycles. The zero-order chi connectivity index (χ0) is 12.2. The van der Waals surface area contributed by atoms with Crippen molar-refractivity contribution >= 4 is 12.4 Å². The number of hydrogen-bond acceptors (Lipinski definition) is 4. The largest absolute Gasteiger partial charge is 0.443 e. The summed E-state index contributed by atoms with van der Waals surface area (Å²) in [6.07, 6.45) is 3.17. The number of hydrogen-bond donors (Lipinski definition) is 1. The second-order valence-electron chi connectivity index (χ2n) is 5.01. The SMILES string of the molecule is CC(C)(C)OC(=O)NN1CCCCC1C=O. The number of carbonyl (C=O) groups is 2. The monoisotopic (exact) mass is 228 g/mol. The normalized spacial score (nSPS) is 22.6. The van der Waals surface area contributed by atoms with Gasteiger partial charge in [0.2, 0.25) is 0 Å². The Kier molecular flexibility index (Phi) is 4.29. The van der Waals surface area contributed by atoms with Crippen LogP contribution in [0.25, 0.3) is 0 Å². The minimum Gasteiger partial charge on any atom is -0.443 e. The number of carbonyl (C=O) groups excluding carboxylic acids is 2. The van der Waals surface area contributed by atoms with Crippen molar-refractivity contribution in [1.29, 1.82) is 0 Å². The molecular weight excluding hydrogens is 208 g/mol. The lowest BCUT2D eigenvalue weighted by molar-refractivity contribution is -0.114. The maximum absolute atomic E-state index is 11.5. The van der Waals surface area contributed by atoms with Crippen LogP contribution in [0.1, 0.15) is 40.0 Å². The molecule has 1 aliphatic rings. The highest BCUT2D eigenvalue weighted by Gasteiger charge is 2.25. The minimum atomic E-state index is -0.517. The molecule has 1 N–H and O–H groups in total. The van der Waals surface area contributed by atoms with E-state index in [0.29, 0.717) is 6.54 Å². The van der Waals surface area contributed by atoms with E-state index in [1.165, 1.54) is 0 Å². The lowest BCUT2D eigenvalue weighted by Crippen LogP contribution is -2.52. The molecule has 0 spiro atoms. The van der Waals surface area contributed by atoms with Gasteiger partial charge in [-0.15, -0.1) is 0 Å². The Labute approximate surface area is 96.1 Å². The van der Waals surface area contributed by atoms with Crippen molar-refractivity contribution in [3.05, 3.63) is 0 Å². The predicted octanol–water partition coefficient (Wildman–Crippen LogP) is 1.48. The van der Waals surface area contributed by atoms with E-state index in [4.69, 9.17) is 4.74 Å². The van der Waals surface area contributed by atoms with Gasteiger partial charge >= 0.3 is 6.09 Å². The third-order valence-electron chi connectivity index (χ3n) is 2.34. The Morgan fingerprint density at radius 3 is 2.69 bits per heavy atom. The molecule has 1 atom stereocenters. The van der Waals surface area contributed by atoms with Gasteiger partial charge < -0.3 is 9.53 Å². The summed E-state index contributed by atoms with van der Waals surface area (Å²) in [5.41, 5.74) is 2.10. The number of nitrogens with one attached hydrogen (secondary N) is 1. The van der Waals surface area contributed by atoms with Gasteiger partial charge in [-0.05, 0) is 33.6 Å². The van der Waals surface area contributed by atoms with Crippen LogP contribution >= 0.6 is 0 Å². The summed E-state index contributed by atoms with van der Waals surface area (Å²) in [7, 11) is 0. The quantitative estimate of drug-likeness (QED) is 0.727. The fourth-order valence-electron chi connectivity index (χ4n) is 1.66. The summed E-state index contributed by atoms with van der Waals surface area (Å²) in [5, 5.41) is 1.66. The molecule has 0 aromatic rings. The van der Waals surface area contributed by atoms with Gasteiger partial charge in [0.05, 0.1) is 6.04 Å². The maximum Gasteiger partial charge on any atom is 0.422 e. The highest BCUT2D eigenvalue weighted by molar-refractivity contribution is 5.68. The van der Waals surface area contributed by atoms with Crippen molar-refractivity contribution in [1.82, 2.24) is 10.4 Å². The summed E-state index contributed by atoms with van der Waals surface area (Å²) in [5.74, 6) is 0. The third kappa shape index (κ3) is 4.18. The van der Waals surface area contributed by atoms with Gasteiger partial charge in [0.15, 0.2) is 0 Å². The predicted molar refractivity (Wildman–Crippen MR) is 59.8 cm³/mol. The molecule has 5 heteroatoms. The minimum absolute atomic E-state index is 0.221. The average molecular weight is 228 g/mol. The lowest BCUT2D eigenvalue weighted by atomic mass is 10.1. The van der Waals surface area contributed by atoms with Crippen molar-refractivity contribution in [3.63, 3.8) is 0 Å². The number of nitrogens with zero attached hydrogens (tertiary/aromatic N) is 1. The van der Waals surface area contributed by atoms with E-state index in [2.05, 4.69) is 5.43 Å². The fourth-order valence-corrected chi connectivity index (χ4v) is 1.66. The second-order valence-corrected chi connectivity index (χ2v) is 5.01. The first-order valence-electron chi connectivity index (χ1n) is 5.64. The molecule has 1 fully saturated rings. The van der Waals surface area contributed by atoms with E-state index >= 15 is 0 Å². The van der Waals surface area contributed by atoms with Gasteiger partial charge in [0.25, 0.3) is 0 Å². The zero-order valence-corrected chi connectivity index (χ0v) is 10.2. The first-order valence-corrected chi connectivity index (χ1v) is 5.64. The summed E-state index contributed by atoms with van der Waals surface area (Å²) >= 11 is 0. The molecule has 5 nitrogen and oxygen atoms in total. The van der Waals surface area contributed by atoms with E-state index in [-0.39, 0.29) is 6.04 Å². The molecule has 92 valence electrons. The molecule has 1 amide bonds. The second kappa shape index (κ2) is 5.30. The fraction of sp³-hybridized carbons (Fsp3) is 0.818. The smallest absolute Gasteiger partial charge is 0.422 e. The maximum atomic E-state index is 11.5. The number of amides is 1. The van der Waals surface area contributed by atoms with Gasteiger partial charge in [-0.1, -0.05) is 6.42 Å². The van der Waals surface area contributed by atoms with Gasteiger partial charge in [0, 0.05) is 6.54 Å². The molecule has 0 saturated carbocycles. The highest BCUT2D eigenvalue weighted by Crippen LogP contribution is 2.14. The van der Waals surface area contributed by atoms with Gasteiger partial charge in [-0.3, -0.25) is 5.43 Å². The molecule has 0 aromatic carbocycles. The summed E-state index contributed by atoms with van der Waals surface area (Å²) in [6.45, 7) is 6.11. The molecule has 1 rings (SSSR count). The van der Waals surface area contributed by atoms with Crippen LogP contribution in [0.3, 0.4) is 0 Å². The van der Waals surface area contributed by atoms with Crippen LogP contribution in [0.5, 0.6) is 0 Å². The highest BCUT2D eigenvalue weighted by atomic mass is 16.6. The molecule has 0 radical (unpaired) electrons. The molecule has 1 saturated heterocycles. The van der Waals surface area contributed by atoms with E-state index < -0.39 is 11.7 Å². The van der Waals surface area contributed by atoms with Crippen LogP contribution in [0, 0.1) is 0 Å². The van der Waals surface area contributed by atoms with Crippen molar-refractivity contribution < 1.29 is 14.3 Å². The zero-order valence-electron chi connectivity index (χ0n) is 10.2. The van der Waals surface area contributed by atoms with Gasteiger partial charge in [-0.2, -0.15) is 0 Å². The number of piperidine rings is 1. The molecule has 16 heavy (non-hydrogen) atoms. The first kappa shape index (κ1) is 13.0. The van der Waals surface area contributed by atoms with Crippen LogP contribution in [0.15, 0.2) is 0 Å². The molecule has 1 heterocycles. The van der Waals surface area contributed by atoms with Crippen LogP contribution in [-0.4, -0.2) is 35.6 Å². The Morgan fingerprint density at radius 1 is 1.44 bits per heavy atom. The van der Waals surface area contributed by atoms with Gasteiger partial charge in [0.1, 0.15) is 11.9 Å². The van der Waals surface area contributed by atoms with E-state index in [1.54, 1.807) is 25.8 Å². The molecule has 1 aliphatic heterocycles. The Balaban J connectivity index is 2.45. The Morgan fingerprint density at radius 2 is 2.12 bits per heavy atom. The molecule has 0 aromatic heterocycles. The average Bonchev–Trinajstić information content (AvgIpc) is 2.15. The standard InChI is InChI=1S/C11H20N2O3/c1-11(2,3)16-10(15)12-13-7-5-4-6-9(13)8-14/h8-9H,4-7H2,1-3H3,(H,12,15). The molecular formula is C11H20N2O3. The number of ether oxygens (including phenoxy) is 1. The molecule has 1 unspecified atom stereocenters. The Hall–Kier alpha value is -1.10. The van der Waals surface area contributed by atoms with Crippen molar-refractivity contribution in [3.8, 4) is 0 Å². The van der Waals surface area contributed by atoms with E-state index in [1.807, 2.05) is 0 Å². The lowest BCUT2D eigenvalue weighted by Gasteiger charge is -2.32. The number of rotatable bonds is 2. The summed E-state index contributed by atoms with van der Waals surface area (Å²) < 4.78 is 5.13. The molecule has 0 bridgehead atoms. The van der Waals surface area contributed by atoms with Crippen LogP contribution in [-0.2, 0) is 9.53 Å². The van der Waals surface area contributed by atoms with Crippen LogP contribution in [0.2, 0.25) is 0 Å². The first-order chi connectivity index (χ1) is 7.42. The number of hydrazine groups is 1. The van der Waals surface area contributed by atoms with E-state index in [0.717, 1.165) is 25.5 Å². The summed E-state index contributed by atoms with van der Waals surface area (Å²) in [6, 6.07) is -0.221.